The maximum atomic E-state index is 12.3. The van der Waals surface area contributed by atoms with E-state index in [1.54, 1.807) is 0 Å². The van der Waals surface area contributed by atoms with Crippen LogP contribution in [0, 0.1) is 0 Å². The highest BCUT2D eigenvalue weighted by Gasteiger charge is 2.34. The molecule has 5 nitrogen and oxygen atoms in total. The number of nitrogens with one attached hydrogen (secondary N) is 2. The molecule has 0 aromatic carbocycles. The van der Waals surface area contributed by atoms with Crippen molar-refractivity contribution in [2.24, 2.45) is 0 Å². The summed E-state index contributed by atoms with van der Waals surface area (Å²) in [4.78, 5) is 14.2. The van der Waals surface area contributed by atoms with E-state index in [1.807, 2.05) is 25.7 Å². The number of hydrogen-bond acceptors (Lipinski definition) is 4. The Hall–Kier alpha value is -0.810. The van der Waals surface area contributed by atoms with Gasteiger partial charge in [0.1, 0.15) is 5.60 Å². The number of rotatable bonds is 7. The van der Waals surface area contributed by atoms with Crippen molar-refractivity contribution in [1.29, 1.82) is 0 Å². The fraction of sp³-hybridized carbons (Fsp3) is 0.941. The normalized spacial score (nSPS) is 23.4. The molecule has 22 heavy (non-hydrogen) atoms. The molecule has 1 heterocycles. The molecule has 2 fully saturated rings. The van der Waals surface area contributed by atoms with Crippen molar-refractivity contribution in [3.05, 3.63) is 0 Å². The van der Waals surface area contributed by atoms with E-state index in [4.69, 9.17) is 4.74 Å². The second-order valence-corrected chi connectivity index (χ2v) is 7.79. The minimum Gasteiger partial charge on any atom is -0.444 e. The number of hydrogen-bond donors (Lipinski definition) is 2. The quantitative estimate of drug-likeness (QED) is 0.758. The van der Waals surface area contributed by atoms with Crippen LogP contribution in [0.3, 0.4) is 0 Å². The van der Waals surface area contributed by atoms with Gasteiger partial charge in [0.05, 0.1) is 0 Å². The summed E-state index contributed by atoms with van der Waals surface area (Å²) >= 11 is 0. The number of amides is 1. The number of nitrogens with zero attached hydrogens (tertiary/aromatic N) is 1. The van der Waals surface area contributed by atoms with Gasteiger partial charge in [-0.3, -0.25) is 0 Å². The fourth-order valence-electron chi connectivity index (χ4n) is 3.03. The Labute approximate surface area is 135 Å². The van der Waals surface area contributed by atoms with Crippen molar-refractivity contribution >= 4 is 6.09 Å². The molecule has 0 spiro atoms. The third-order valence-corrected chi connectivity index (χ3v) is 4.26. The van der Waals surface area contributed by atoms with Crippen LogP contribution in [0.1, 0.15) is 59.8 Å². The third-order valence-electron chi connectivity index (χ3n) is 4.26. The molecule has 1 amide bonds. The Morgan fingerprint density at radius 2 is 2.09 bits per heavy atom. The molecule has 2 atom stereocenters. The van der Waals surface area contributed by atoms with E-state index in [1.165, 1.54) is 12.8 Å². The van der Waals surface area contributed by atoms with E-state index in [0.29, 0.717) is 18.1 Å². The predicted molar refractivity (Wildman–Crippen MR) is 89.1 cm³/mol. The Morgan fingerprint density at radius 1 is 1.36 bits per heavy atom. The van der Waals surface area contributed by atoms with Crippen LogP contribution in [0.5, 0.6) is 0 Å². The molecular formula is C17H33N3O2. The summed E-state index contributed by atoms with van der Waals surface area (Å²) in [6.45, 7) is 10.7. The molecule has 1 saturated carbocycles. The minimum absolute atomic E-state index is 0.165. The zero-order valence-electron chi connectivity index (χ0n) is 14.7. The molecule has 2 aliphatic rings. The van der Waals surface area contributed by atoms with Crippen molar-refractivity contribution in [3.63, 3.8) is 0 Å². The molecule has 5 heteroatoms. The second kappa shape index (κ2) is 7.64. The lowest BCUT2D eigenvalue weighted by molar-refractivity contribution is 0.0234. The first-order chi connectivity index (χ1) is 10.3. The predicted octanol–water partition coefficient (Wildman–Crippen LogP) is 2.51. The smallest absolute Gasteiger partial charge is 0.410 e. The van der Waals surface area contributed by atoms with E-state index in [2.05, 4.69) is 17.6 Å². The molecule has 2 N–H and O–H groups in total. The van der Waals surface area contributed by atoms with E-state index >= 15 is 0 Å². The molecular weight excluding hydrogens is 278 g/mol. The Bertz CT molecular complexity index is 357. The van der Waals surface area contributed by atoms with Gasteiger partial charge >= 0.3 is 6.09 Å². The van der Waals surface area contributed by atoms with Crippen molar-refractivity contribution in [2.45, 2.75) is 83.5 Å². The summed E-state index contributed by atoms with van der Waals surface area (Å²) in [6.07, 6.45) is 5.81. The summed E-state index contributed by atoms with van der Waals surface area (Å²) in [5.74, 6) is 0. The largest absolute Gasteiger partial charge is 0.444 e. The van der Waals surface area contributed by atoms with E-state index in [-0.39, 0.29) is 6.09 Å². The molecule has 0 aromatic rings. The van der Waals surface area contributed by atoms with Gasteiger partial charge in [-0.1, -0.05) is 0 Å². The minimum atomic E-state index is -0.418. The van der Waals surface area contributed by atoms with Crippen LogP contribution in [-0.4, -0.2) is 54.4 Å². The number of carbonyl (C=O) groups excluding carboxylic acids is 1. The van der Waals surface area contributed by atoms with Crippen molar-refractivity contribution in [1.82, 2.24) is 15.5 Å². The lowest BCUT2D eigenvalue weighted by atomic mass is 10.1. The SMILES string of the molecule is CC(CC1CCCN1)NCCN(C(=O)OC(C)(C)C)C1CC1. The van der Waals surface area contributed by atoms with E-state index in [0.717, 1.165) is 38.9 Å². The first-order valence-corrected chi connectivity index (χ1v) is 8.81. The molecule has 2 rings (SSSR count). The third kappa shape index (κ3) is 6.13. The molecule has 1 aliphatic carbocycles. The lowest BCUT2D eigenvalue weighted by Gasteiger charge is -2.28. The zero-order chi connectivity index (χ0) is 16.2. The van der Waals surface area contributed by atoms with Crippen LogP contribution in [0.25, 0.3) is 0 Å². The summed E-state index contributed by atoms with van der Waals surface area (Å²) < 4.78 is 5.52. The van der Waals surface area contributed by atoms with Crippen LogP contribution in [0.4, 0.5) is 4.79 Å². The van der Waals surface area contributed by atoms with Gasteiger partial charge in [0, 0.05) is 31.2 Å². The monoisotopic (exact) mass is 311 g/mol. The molecule has 0 radical (unpaired) electrons. The Balaban J connectivity index is 1.69. The summed E-state index contributed by atoms with van der Waals surface area (Å²) in [5.41, 5.74) is -0.418. The van der Waals surface area contributed by atoms with Gasteiger partial charge in [-0.15, -0.1) is 0 Å². The van der Waals surface area contributed by atoms with Gasteiger partial charge in [0.25, 0.3) is 0 Å². The van der Waals surface area contributed by atoms with Crippen molar-refractivity contribution in [3.8, 4) is 0 Å². The summed E-state index contributed by atoms with van der Waals surface area (Å²) in [7, 11) is 0. The van der Waals surface area contributed by atoms with Gasteiger partial charge in [-0.25, -0.2) is 4.79 Å². The summed E-state index contributed by atoms with van der Waals surface area (Å²) in [5, 5.41) is 7.09. The molecule has 1 saturated heterocycles. The van der Waals surface area contributed by atoms with Crippen molar-refractivity contribution < 1.29 is 9.53 Å². The lowest BCUT2D eigenvalue weighted by Crippen LogP contribution is -2.43. The van der Waals surface area contributed by atoms with E-state index < -0.39 is 5.60 Å². The van der Waals surface area contributed by atoms with Gasteiger partial charge in [0.2, 0.25) is 0 Å². The number of carbonyl (C=O) groups is 1. The molecule has 2 unspecified atom stereocenters. The Morgan fingerprint density at radius 3 is 2.64 bits per heavy atom. The highest BCUT2D eigenvalue weighted by molar-refractivity contribution is 5.69. The average Bonchev–Trinajstić information content (AvgIpc) is 3.10. The van der Waals surface area contributed by atoms with Gasteiger partial charge in [-0.05, 0) is 66.3 Å². The zero-order valence-corrected chi connectivity index (χ0v) is 14.7. The van der Waals surface area contributed by atoms with Crippen LogP contribution in [0.15, 0.2) is 0 Å². The molecule has 1 aliphatic heterocycles. The highest BCUT2D eigenvalue weighted by Crippen LogP contribution is 2.28. The van der Waals surface area contributed by atoms with Gasteiger partial charge in [-0.2, -0.15) is 0 Å². The molecule has 0 aromatic heterocycles. The molecule has 128 valence electrons. The first-order valence-electron chi connectivity index (χ1n) is 8.81. The highest BCUT2D eigenvalue weighted by atomic mass is 16.6. The molecule has 0 bridgehead atoms. The fourth-order valence-corrected chi connectivity index (χ4v) is 3.03. The van der Waals surface area contributed by atoms with Gasteiger partial charge in [0.15, 0.2) is 0 Å². The summed E-state index contributed by atoms with van der Waals surface area (Å²) in [6, 6.07) is 1.53. The topological polar surface area (TPSA) is 53.6 Å². The van der Waals surface area contributed by atoms with Crippen LogP contribution in [-0.2, 0) is 4.74 Å². The van der Waals surface area contributed by atoms with Crippen molar-refractivity contribution in [2.75, 3.05) is 19.6 Å². The van der Waals surface area contributed by atoms with Crippen LogP contribution < -0.4 is 10.6 Å². The maximum Gasteiger partial charge on any atom is 0.410 e. The van der Waals surface area contributed by atoms with Crippen LogP contribution >= 0.6 is 0 Å². The number of ether oxygens (including phenoxy) is 1. The van der Waals surface area contributed by atoms with Gasteiger partial charge < -0.3 is 20.3 Å². The maximum absolute atomic E-state index is 12.3. The Kier molecular flexibility index (Phi) is 6.09. The second-order valence-electron chi connectivity index (χ2n) is 7.79. The standard InChI is InChI=1S/C17H33N3O2/c1-13(12-14-6-5-9-19-14)18-10-11-20(15-7-8-15)16(21)22-17(2,3)4/h13-15,18-19H,5-12H2,1-4H3. The first kappa shape index (κ1) is 17.5. The van der Waals surface area contributed by atoms with Crippen LogP contribution in [0.2, 0.25) is 0 Å². The average molecular weight is 311 g/mol. The van der Waals surface area contributed by atoms with E-state index in [9.17, 15) is 4.79 Å².